The zero-order valence-electron chi connectivity index (χ0n) is 11.3. The van der Waals surface area contributed by atoms with Crippen molar-refractivity contribution >= 4 is 5.69 Å². The lowest BCUT2D eigenvalue weighted by atomic mass is 10.1. The van der Waals surface area contributed by atoms with Gasteiger partial charge < -0.3 is 10.1 Å². The summed E-state index contributed by atoms with van der Waals surface area (Å²) in [4.78, 5) is 0. The fourth-order valence-electron chi connectivity index (χ4n) is 1.80. The number of hydrogen-bond acceptors (Lipinski definition) is 2. The zero-order chi connectivity index (χ0) is 12.5. The lowest BCUT2D eigenvalue weighted by molar-refractivity contribution is 0.191. The highest BCUT2D eigenvalue weighted by Crippen LogP contribution is 2.13. The summed E-state index contributed by atoms with van der Waals surface area (Å²) >= 11 is 0. The van der Waals surface area contributed by atoms with Crippen LogP contribution < -0.4 is 5.32 Å². The van der Waals surface area contributed by atoms with Gasteiger partial charge in [0.05, 0.1) is 0 Å². The van der Waals surface area contributed by atoms with Crippen molar-refractivity contribution < 1.29 is 4.74 Å². The highest BCUT2D eigenvalue weighted by molar-refractivity contribution is 5.45. The lowest BCUT2D eigenvalue weighted by Gasteiger charge is -2.15. The molecule has 0 aliphatic carbocycles. The second-order valence-corrected chi connectivity index (χ2v) is 4.63. The smallest absolute Gasteiger partial charge is 0.0481 e. The molecule has 0 aliphatic heterocycles. The van der Waals surface area contributed by atoms with Gasteiger partial charge in [-0.25, -0.2) is 0 Å². The average Bonchev–Trinajstić information content (AvgIpc) is 2.35. The molecule has 0 fully saturated rings. The second kappa shape index (κ2) is 8.13. The van der Waals surface area contributed by atoms with Crippen molar-refractivity contribution in [2.75, 3.05) is 19.0 Å². The largest absolute Gasteiger partial charge is 0.385 e. The molecule has 0 spiro atoms. The van der Waals surface area contributed by atoms with E-state index in [4.69, 9.17) is 4.74 Å². The van der Waals surface area contributed by atoms with Crippen molar-refractivity contribution in [1.29, 1.82) is 0 Å². The molecular formula is C15H25NO. The van der Waals surface area contributed by atoms with Gasteiger partial charge in [0.2, 0.25) is 0 Å². The third-order valence-electron chi connectivity index (χ3n) is 2.94. The molecule has 0 saturated heterocycles. The van der Waals surface area contributed by atoms with E-state index in [1.54, 1.807) is 7.11 Å². The molecular weight excluding hydrogens is 210 g/mol. The van der Waals surface area contributed by atoms with E-state index < -0.39 is 0 Å². The number of aryl methyl sites for hydroxylation is 1. The molecule has 0 radical (unpaired) electrons. The first-order chi connectivity index (χ1) is 8.26. The molecule has 1 unspecified atom stereocenters. The first kappa shape index (κ1) is 14.0. The minimum absolute atomic E-state index is 0.455. The van der Waals surface area contributed by atoms with E-state index in [1.807, 2.05) is 0 Å². The van der Waals surface area contributed by atoms with Gasteiger partial charge in [-0.05, 0) is 43.9 Å². The molecule has 0 bridgehead atoms. The molecule has 96 valence electrons. The van der Waals surface area contributed by atoms with Gasteiger partial charge in [-0.2, -0.15) is 0 Å². The fraction of sp³-hybridized carbons (Fsp3) is 0.600. The van der Waals surface area contributed by atoms with Crippen molar-refractivity contribution in [1.82, 2.24) is 0 Å². The number of benzene rings is 1. The van der Waals surface area contributed by atoms with Gasteiger partial charge in [0.15, 0.2) is 0 Å². The third-order valence-corrected chi connectivity index (χ3v) is 2.94. The summed E-state index contributed by atoms with van der Waals surface area (Å²) < 4.78 is 5.07. The van der Waals surface area contributed by atoms with E-state index in [0.717, 1.165) is 13.0 Å². The first-order valence-electron chi connectivity index (χ1n) is 6.60. The van der Waals surface area contributed by atoms with Gasteiger partial charge in [0.25, 0.3) is 0 Å². The van der Waals surface area contributed by atoms with Crippen molar-refractivity contribution in [3.63, 3.8) is 0 Å². The van der Waals surface area contributed by atoms with Crippen LogP contribution in [-0.2, 0) is 11.2 Å². The summed E-state index contributed by atoms with van der Waals surface area (Å²) in [5, 5.41) is 3.48. The maximum Gasteiger partial charge on any atom is 0.0481 e. The Labute approximate surface area is 105 Å². The van der Waals surface area contributed by atoms with Gasteiger partial charge in [0, 0.05) is 25.4 Å². The van der Waals surface area contributed by atoms with E-state index in [-0.39, 0.29) is 0 Å². The molecule has 1 aromatic rings. The van der Waals surface area contributed by atoms with Crippen LogP contribution in [0.1, 0.15) is 38.7 Å². The maximum absolute atomic E-state index is 5.07. The van der Waals surface area contributed by atoms with Crippen LogP contribution in [0.25, 0.3) is 0 Å². The van der Waals surface area contributed by atoms with Crippen molar-refractivity contribution in [3.8, 4) is 0 Å². The fourth-order valence-corrected chi connectivity index (χ4v) is 1.80. The molecule has 17 heavy (non-hydrogen) atoms. The Kier molecular flexibility index (Phi) is 6.71. The van der Waals surface area contributed by atoms with E-state index in [2.05, 4.69) is 43.4 Å². The lowest BCUT2D eigenvalue weighted by Crippen LogP contribution is -2.17. The normalized spacial score (nSPS) is 12.4. The van der Waals surface area contributed by atoms with Gasteiger partial charge in [-0.1, -0.05) is 25.5 Å². The number of hydrogen-bond donors (Lipinski definition) is 1. The quantitative estimate of drug-likeness (QED) is 0.738. The number of anilines is 1. The summed E-state index contributed by atoms with van der Waals surface area (Å²) in [6, 6.07) is 9.25. The minimum Gasteiger partial charge on any atom is -0.385 e. The summed E-state index contributed by atoms with van der Waals surface area (Å²) in [5.41, 5.74) is 2.63. The van der Waals surface area contributed by atoms with E-state index in [9.17, 15) is 0 Å². The number of methoxy groups -OCH3 is 1. The van der Waals surface area contributed by atoms with Crippen LogP contribution in [-0.4, -0.2) is 19.8 Å². The number of unbranched alkanes of at least 4 members (excludes halogenated alkanes) is 1. The van der Waals surface area contributed by atoms with Gasteiger partial charge >= 0.3 is 0 Å². The van der Waals surface area contributed by atoms with Gasteiger partial charge in [0.1, 0.15) is 0 Å². The van der Waals surface area contributed by atoms with Crippen LogP contribution in [0, 0.1) is 0 Å². The molecule has 1 N–H and O–H groups in total. The van der Waals surface area contributed by atoms with Crippen molar-refractivity contribution in [2.45, 2.75) is 45.6 Å². The predicted molar refractivity (Wildman–Crippen MR) is 74.6 cm³/mol. The molecule has 0 aliphatic rings. The van der Waals surface area contributed by atoms with E-state index >= 15 is 0 Å². The average molecular weight is 235 g/mol. The Morgan fingerprint density at radius 3 is 2.53 bits per heavy atom. The molecule has 2 heteroatoms. The summed E-state index contributed by atoms with van der Waals surface area (Å²) in [7, 11) is 1.75. The summed E-state index contributed by atoms with van der Waals surface area (Å²) in [6.45, 7) is 5.22. The second-order valence-electron chi connectivity index (χ2n) is 4.63. The van der Waals surface area contributed by atoms with Gasteiger partial charge in [-0.15, -0.1) is 0 Å². The molecule has 1 aromatic carbocycles. The van der Waals surface area contributed by atoms with Crippen LogP contribution in [0.15, 0.2) is 24.3 Å². The molecule has 0 saturated carbocycles. The maximum atomic E-state index is 5.07. The highest BCUT2D eigenvalue weighted by Gasteiger charge is 2.01. The zero-order valence-corrected chi connectivity index (χ0v) is 11.3. The van der Waals surface area contributed by atoms with Gasteiger partial charge in [-0.3, -0.25) is 0 Å². The Balaban J connectivity index is 2.39. The summed E-state index contributed by atoms with van der Waals surface area (Å²) in [6.07, 6.45) is 4.76. The van der Waals surface area contributed by atoms with Crippen LogP contribution in [0.5, 0.6) is 0 Å². The molecule has 1 atom stereocenters. The molecule has 0 aromatic heterocycles. The van der Waals surface area contributed by atoms with Crippen LogP contribution >= 0.6 is 0 Å². The van der Waals surface area contributed by atoms with E-state index in [1.165, 1.54) is 30.5 Å². The Hall–Kier alpha value is -1.02. The molecule has 0 amide bonds. The SMILES string of the molecule is CCCCc1ccc(NC(C)CCOC)cc1. The minimum atomic E-state index is 0.455. The van der Waals surface area contributed by atoms with Crippen LogP contribution in [0.4, 0.5) is 5.69 Å². The predicted octanol–water partition coefficient (Wildman–Crippen LogP) is 3.87. The van der Waals surface area contributed by atoms with Crippen LogP contribution in [0.3, 0.4) is 0 Å². The number of nitrogens with one attached hydrogen (secondary N) is 1. The number of ether oxygens (including phenoxy) is 1. The third kappa shape index (κ3) is 5.73. The Morgan fingerprint density at radius 1 is 1.24 bits per heavy atom. The Morgan fingerprint density at radius 2 is 1.94 bits per heavy atom. The van der Waals surface area contributed by atoms with Crippen LogP contribution in [0.2, 0.25) is 0 Å². The standard InChI is InChI=1S/C15H25NO/c1-4-5-6-14-7-9-15(10-8-14)16-13(2)11-12-17-3/h7-10,13,16H,4-6,11-12H2,1-3H3. The van der Waals surface area contributed by atoms with Crippen molar-refractivity contribution in [3.05, 3.63) is 29.8 Å². The highest BCUT2D eigenvalue weighted by atomic mass is 16.5. The monoisotopic (exact) mass is 235 g/mol. The first-order valence-corrected chi connectivity index (χ1v) is 6.60. The molecule has 2 nitrogen and oxygen atoms in total. The topological polar surface area (TPSA) is 21.3 Å². The Bertz CT molecular complexity index is 294. The van der Waals surface area contributed by atoms with Crippen molar-refractivity contribution in [2.24, 2.45) is 0 Å². The van der Waals surface area contributed by atoms with E-state index in [0.29, 0.717) is 6.04 Å². The molecule has 0 heterocycles. The molecule has 1 rings (SSSR count). The number of rotatable bonds is 8. The summed E-state index contributed by atoms with van der Waals surface area (Å²) in [5.74, 6) is 0.